The van der Waals surface area contributed by atoms with Crippen LogP contribution in [0.2, 0.25) is 0 Å². The number of hydrogen-bond donors (Lipinski definition) is 0. The number of rotatable bonds is 14. The Bertz CT molecular complexity index is 347. The highest BCUT2D eigenvalue weighted by Crippen LogP contribution is 2.09. The zero-order chi connectivity index (χ0) is 16.6. The molecule has 0 aliphatic rings. The van der Waals surface area contributed by atoms with Gasteiger partial charge in [0, 0.05) is 11.6 Å². The average molecular weight is 310 g/mol. The van der Waals surface area contributed by atoms with E-state index in [0.717, 1.165) is 38.5 Å². The van der Waals surface area contributed by atoms with Gasteiger partial charge in [0.25, 0.3) is 0 Å². The largest absolute Gasteiger partial charge is 0.463 e. The van der Waals surface area contributed by atoms with Crippen LogP contribution >= 0.6 is 0 Å². The minimum Gasteiger partial charge on any atom is -0.463 e. The monoisotopic (exact) mass is 310 g/mol. The molecule has 0 fully saturated rings. The molecule has 0 unspecified atom stereocenters. The molecule has 0 aromatic heterocycles. The molecule has 0 aromatic carbocycles. The van der Waals surface area contributed by atoms with Gasteiger partial charge in [0.2, 0.25) is 0 Å². The van der Waals surface area contributed by atoms with Crippen LogP contribution in [0.4, 0.5) is 0 Å². The second kappa shape index (κ2) is 14.4. The molecule has 0 heterocycles. The number of carbonyl (C=O) groups excluding carboxylic acids is 2. The topological polar surface area (TPSA) is 52.6 Å². The number of hydrogen-bond acceptors (Lipinski definition) is 4. The molecule has 126 valence electrons. The highest BCUT2D eigenvalue weighted by Gasteiger charge is 2.04. The van der Waals surface area contributed by atoms with Gasteiger partial charge in [-0.25, -0.2) is 9.59 Å². The van der Waals surface area contributed by atoms with E-state index in [-0.39, 0.29) is 11.9 Å². The quantitative estimate of drug-likeness (QED) is 0.272. The smallest absolute Gasteiger partial charge is 0.333 e. The Morgan fingerprint density at radius 2 is 1.32 bits per heavy atom. The summed E-state index contributed by atoms with van der Waals surface area (Å²) < 4.78 is 10.0. The van der Waals surface area contributed by atoms with Crippen molar-refractivity contribution in [1.29, 1.82) is 0 Å². The lowest BCUT2D eigenvalue weighted by Crippen LogP contribution is -2.07. The third-order valence-electron chi connectivity index (χ3n) is 3.40. The third kappa shape index (κ3) is 12.2. The molecule has 0 aliphatic carbocycles. The first-order valence-electron chi connectivity index (χ1n) is 8.25. The van der Waals surface area contributed by atoms with Crippen LogP contribution in [0.1, 0.15) is 64.7 Å². The Labute approximate surface area is 134 Å². The standard InChI is InChI=1S/C18H30O4/c1-4-16(3)18(20)22-15-13-11-9-7-6-8-10-12-14-21-17(19)5-2/h5H,2-4,6-15H2,1H3. The Balaban J connectivity index is 3.21. The van der Waals surface area contributed by atoms with E-state index in [2.05, 4.69) is 13.2 Å². The molecule has 0 aliphatic heterocycles. The van der Waals surface area contributed by atoms with Crippen molar-refractivity contribution in [2.45, 2.75) is 64.7 Å². The van der Waals surface area contributed by atoms with E-state index in [1.165, 1.54) is 18.9 Å². The molecule has 4 heteroatoms. The highest BCUT2D eigenvalue weighted by atomic mass is 16.5. The summed E-state index contributed by atoms with van der Waals surface area (Å²) in [5.41, 5.74) is 0.541. The summed E-state index contributed by atoms with van der Waals surface area (Å²) in [5, 5.41) is 0. The molecular formula is C18H30O4. The van der Waals surface area contributed by atoms with Crippen LogP contribution in [0.3, 0.4) is 0 Å². The molecule has 22 heavy (non-hydrogen) atoms. The predicted molar refractivity (Wildman–Crippen MR) is 88.5 cm³/mol. The van der Waals surface area contributed by atoms with Gasteiger partial charge in [-0.05, 0) is 19.3 Å². The number of ether oxygens (including phenoxy) is 2. The van der Waals surface area contributed by atoms with Gasteiger partial charge >= 0.3 is 11.9 Å². The minimum absolute atomic E-state index is 0.264. The van der Waals surface area contributed by atoms with Crippen molar-refractivity contribution in [3.8, 4) is 0 Å². The molecule has 0 N–H and O–H groups in total. The summed E-state index contributed by atoms with van der Waals surface area (Å²) in [4.78, 5) is 22.1. The predicted octanol–water partition coefficient (Wildman–Crippen LogP) is 4.35. The van der Waals surface area contributed by atoms with Crippen molar-refractivity contribution in [3.05, 3.63) is 24.8 Å². The van der Waals surface area contributed by atoms with E-state index < -0.39 is 0 Å². The molecule has 0 bridgehead atoms. The Morgan fingerprint density at radius 1 is 0.864 bits per heavy atom. The molecule has 0 amide bonds. The van der Waals surface area contributed by atoms with Gasteiger partial charge in [-0.2, -0.15) is 0 Å². The molecular weight excluding hydrogens is 280 g/mol. The number of unbranched alkanes of at least 4 members (excludes halogenated alkanes) is 7. The van der Waals surface area contributed by atoms with Crippen molar-refractivity contribution in [2.75, 3.05) is 13.2 Å². The average Bonchev–Trinajstić information content (AvgIpc) is 2.54. The Morgan fingerprint density at radius 3 is 1.77 bits per heavy atom. The second-order valence-electron chi connectivity index (χ2n) is 5.29. The molecule has 0 atom stereocenters. The summed E-state index contributed by atoms with van der Waals surface area (Å²) in [5.74, 6) is -0.608. The van der Waals surface area contributed by atoms with Crippen molar-refractivity contribution in [2.24, 2.45) is 0 Å². The van der Waals surface area contributed by atoms with Gasteiger partial charge < -0.3 is 9.47 Å². The fourth-order valence-electron chi connectivity index (χ4n) is 1.91. The van der Waals surface area contributed by atoms with E-state index in [1.54, 1.807) is 0 Å². The molecule has 0 saturated carbocycles. The second-order valence-corrected chi connectivity index (χ2v) is 5.29. The fraction of sp³-hybridized carbons (Fsp3) is 0.667. The van der Waals surface area contributed by atoms with Crippen LogP contribution in [-0.2, 0) is 19.1 Å². The van der Waals surface area contributed by atoms with Crippen molar-refractivity contribution in [3.63, 3.8) is 0 Å². The van der Waals surface area contributed by atoms with E-state index in [1.807, 2.05) is 6.92 Å². The van der Waals surface area contributed by atoms with Gasteiger partial charge in [0.1, 0.15) is 0 Å². The van der Waals surface area contributed by atoms with Crippen LogP contribution in [0.5, 0.6) is 0 Å². The zero-order valence-corrected chi connectivity index (χ0v) is 13.9. The lowest BCUT2D eigenvalue weighted by atomic mass is 10.1. The molecule has 0 aromatic rings. The van der Waals surface area contributed by atoms with Crippen LogP contribution in [-0.4, -0.2) is 25.2 Å². The third-order valence-corrected chi connectivity index (χ3v) is 3.40. The first-order valence-corrected chi connectivity index (χ1v) is 8.25. The van der Waals surface area contributed by atoms with Crippen molar-refractivity contribution < 1.29 is 19.1 Å². The number of carbonyl (C=O) groups is 2. The summed E-state index contributed by atoms with van der Waals surface area (Å²) >= 11 is 0. The van der Waals surface area contributed by atoms with Gasteiger partial charge in [0.15, 0.2) is 0 Å². The minimum atomic E-state index is -0.344. The van der Waals surface area contributed by atoms with E-state index in [0.29, 0.717) is 25.2 Å². The van der Waals surface area contributed by atoms with E-state index in [9.17, 15) is 9.59 Å². The normalized spacial score (nSPS) is 10.0. The SMILES string of the molecule is C=CC(=O)OCCCCCCCCCCOC(=O)C(=C)CC. The van der Waals surface area contributed by atoms with Crippen LogP contribution in [0.15, 0.2) is 24.8 Å². The van der Waals surface area contributed by atoms with Crippen LogP contribution < -0.4 is 0 Å². The van der Waals surface area contributed by atoms with Crippen molar-refractivity contribution in [1.82, 2.24) is 0 Å². The molecule has 4 nitrogen and oxygen atoms in total. The van der Waals surface area contributed by atoms with E-state index >= 15 is 0 Å². The molecule has 0 saturated heterocycles. The Kier molecular flexibility index (Phi) is 13.3. The van der Waals surface area contributed by atoms with Crippen LogP contribution in [0, 0.1) is 0 Å². The van der Waals surface area contributed by atoms with Crippen LogP contribution in [0.25, 0.3) is 0 Å². The van der Waals surface area contributed by atoms with Crippen molar-refractivity contribution >= 4 is 11.9 Å². The summed E-state index contributed by atoms with van der Waals surface area (Å²) in [6.07, 6.45) is 10.6. The maximum Gasteiger partial charge on any atom is 0.333 e. The lowest BCUT2D eigenvalue weighted by molar-refractivity contribution is -0.139. The van der Waals surface area contributed by atoms with Gasteiger partial charge in [-0.1, -0.05) is 58.6 Å². The first-order chi connectivity index (χ1) is 10.6. The molecule has 0 spiro atoms. The van der Waals surface area contributed by atoms with Gasteiger partial charge in [-0.3, -0.25) is 0 Å². The molecule has 0 radical (unpaired) electrons. The molecule has 0 rings (SSSR count). The summed E-state index contributed by atoms with van der Waals surface area (Å²) in [7, 11) is 0. The number of esters is 2. The van der Waals surface area contributed by atoms with E-state index in [4.69, 9.17) is 9.47 Å². The zero-order valence-electron chi connectivity index (χ0n) is 13.9. The fourth-order valence-corrected chi connectivity index (χ4v) is 1.91. The lowest BCUT2D eigenvalue weighted by Gasteiger charge is -2.05. The summed E-state index contributed by atoms with van der Waals surface area (Å²) in [6, 6.07) is 0. The first kappa shape index (κ1) is 20.4. The summed E-state index contributed by atoms with van der Waals surface area (Å²) in [6.45, 7) is 9.87. The maximum atomic E-state index is 11.3. The van der Waals surface area contributed by atoms with Gasteiger partial charge in [0.05, 0.1) is 13.2 Å². The maximum absolute atomic E-state index is 11.3. The van der Waals surface area contributed by atoms with Gasteiger partial charge in [-0.15, -0.1) is 0 Å². The highest BCUT2D eigenvalue weighted by molar-refractivity contribution is 5.87. The Hall–Kier alpha value is -1.58.